The molecule has 0 spiro atoms. The highest BCUT2D eigenvalue weighted by atomic mass is 32.1. The molecular formula is C15H20N4OS. The molecule has 0 unspecified atom stereocenters. The van der Waals surface area contributed by atoms with Gasteiger partial charge in [-0.2, -0.15) is 0 Å². The summed E-state index contributed by atoms with van der Waals surface area (Å²) in [6, 6.07) is 8.29. The fraction of sp³-hybridized carbons (Fsp3) is 0.333. The van der Waals surface area contributed by atoms with E-state index in [2.05, 4.69) is 34.1 Å². The van der Waals surface area contributed by atoms with Crippen molar-refractivity contribution < 1.29 is 4.79 Å². The molecule has 2 N–H and O–H groups in total. The van der Waals surface area contributed by atoms with Gasteiger partial charge < -0.3 is 15.5 Å². The molecule has 1 aromatic heterocycles. The van der Waals surface area contributed by atoms with Crippen molar-refractivity contribution in [2.24, 2.45) is 0 Å². The molecule has 0 radical (unpaired) electrons. The first-order valence-electron chi connectivity index (χ1n) is 6.64. The second kappa shape index (κ2) is 6.69. The smallest absolute Gasteiger partial charge is 0.273 e. The van der Waals surface area contributed by atoms with Crippen LogP contribution in [-0.2, 0) is 13.1 Å². The van der Waals surface area contributed by atoms with E-state index in [4.69, 9.17) is 5.73 Å². The minimum Gasteiger partial charge on any atom is -0.375 e. The van der Waals surface area contributed by atoms with Gasteiger partial charge in [-0.3, -0.25) is 4.79 Å². The summed E-state index contributed by atoms with van der Waals surface area (Å²) in [6.45, 7) is 1.46. The second-order valence-electron chi connectivity index (χ2n) is 5.29. The van der Waals surface area contributed by atoms with Crippen LogP contribution in [0.2, 0.25) is 0 Å². The zero-order valence-corrected chi connectivity index (χ0v) is 13.4. The van der Waals surface area contributed by atoms with Crippen LogP contribution >= 0.6 is 11.3 Å². The molecule has 0 saturated heterocycles. The SMILES string of the molecule is CN(C)Cc1ccc(CN(C)C(=O)c2csc(N)n2)cc1. The van der Waals surface area contributed by atoms with Crippen molar-refractivity contribution in [3.63, 3.8) is 0 Å². The summed E-state index contributed by atoms with van der Waals surface area (Å²) in [5.74, 6) is -0.111. The van der Waals surface area contributed by atoms with Gasteiger partial charge in [-0.15, -0.1) is 11.3 Å². The Kier molecular flexibility index (Phi) is 4.93. The lowest BCUT2D eigenvalue weighted by Gasteiger charge is -2.16. The highest BCUT2D eigenvalue weighted by molar-refractivity contribution is 7.13. The summed E-state index contributed by atoms with van der Waals surface area (Å²) >= 11 is 1.28. The quantitative estimate of drug-likeness (QED) is 0.918. The first-order chi connectivity index (χ1) is 9.95. The average Bonchev–Trinajstić information content (AvgIpc) is 2.86. The van der Waals surface area contributed by atoms with Gasteiger partial charge in [0, 0.05) is 25.5 Å². The van der Waals surface area contributed by atoms with Gasteiger partial charge in [-0.1, -0.05) is 24.3 Å². The highest BCUT2D eigenvalue weighted by Gasteiger charge is 2.15. The second-order valence-corrected chi connectivity index (χ2v) is 6.18. The number of carbonyl (C=O) groups is 1. The Labute approximate surface area is 129 Å². The van der Waals surface area contributed by atoms with Gasteiger partial charge in [0.15, 0.2) is 5.13 Å². The minimum absolute atomic E-state index is 0.111. The van der Waals surface area contributed by atoms with Crippen LogP contribution in [-0.4, -0.2) is 41.8 Å². The van der Waals surface area contributed by atoms with Crippen LogP contribution in [0.5, 0.6) is 0 Å². The summed E-state index contributed by atoms with van der Waals surface area (Å²) in [5, 5.41) is 2.11. The van der Waals surface area contributed by atoms with Crippen LogP contribution in [0, 0.1) is 0 Å². The number of anilines is 1. The third-order valence-corrected chi connectivity index (χ3v) is 3.70. The number of hydrogen-bond donors (Lipinski definition) is 1. The third kappa shape index (κ3) is 4.27. The van der Waals surface area contributed by atoms with Crippen LogP contribution in [0.25, 0.3) is 0 Å². The molecule has 6 heteroatoms. The largest absolute Gasteiger partial charge is 0.375 e. The number of benzene rings is 1. The fourth-order valence-corrected chi connectivity index (χ4v) is 2.58. The first kappa shape index (κ1) is 15.5. The number of nitrogens with two attached hydrogens (primary N) is 1. The van der Waals surface area contributed by atoms with Gasteiger partial charge in [0.25, 0.3) is 5.91 Å². The van der Waals surface area contributed by atoms with Gasteiger partial charge >= 0.3 is 0 Å². The van der Waals surface area contributed by atoms with E-state index in [0.717, 1.165) is 12.1 Å². The Morgan fingerprint density at radius 3 is 2.19 bits per heavy atom. The van der Waals surface area contributed by atoms with Crippen molar-refractivity contribution in [2.45, 2.75) is 13.1 Å². The van der Waals surface area contributed by atoms with Gasteiger partial charge in [0.1, 0.15) is 5.69 Å². The molecule has 0 aliphatic heterocycles. The Morgan fingerprint density at radius 1 is 1.14 bits per heavy atom. The Morgan fingerprint density at radius 2 is 1.71 bits per heavy atom. The van der Waals surface area contributed by atoms with Crippen LogP contribution < -0.4 is 5.73 Å². The molecule has 0 atom stereocenters. The molecule has 1 heterocycles. The van der Waals surface area contributed by atoms with Crippen molar-refractivity contribution >= 4 is 22.4 Å². The summed E-state index contributed by atoms with van der Waals surface area (Å²) < 4.78 is 0. The van der Waals surface area contributed by atoms with E-state index in [1.165, 1.54) is 16.9 Å². The zero-order valence-electron chi connectivity index (χ0n) is 12.5. The molecule has 0 aliphatic carbocycles. The molecular weight excluding hydrogens is 284 g/mol. The summed E-state index contributed by atoms with van der Waals surface area (Å²) in [5.41, 5.74) is 8.31. The van der Waals surface area contributed by atoms with Gasteiger partial charge in [0.2, 0.25) is 0 Å². The Bertz CT molecular complexity index is 606. The van der Waals surface area contributed by atoms with Crippen molar-refractivity contribution in [3.05, 3.63) is 46.5 Å². The van der Waals surface area contributed by atoms with Gasteiger partial charge in [0.05, 0.1) is 0 Å². The van der Waals surface area contributed by atoms with E-state index in [9.17, 15) is 4.79 Å². The van der Waals surface area contributed by atoms with Crippen LogP contribution in [0.4, 0.5) is 5.13 Å². The molecule has 5 nitrogen and oxygen atoms in total. The summed E-state index contributed by atoms with van der Waals surface area (Å²) in [4.78, 5) is 20.0. The number of thiazole rings is 1. The topological polar surface area (TPSA) is 62.5 Å². The van der Waals surface area contributed by atoms with E-state index < -0.39 is 0 Å². The molecule has 0 bridgehead atoms. The lowest BCUT2D eigenvalue weighted by Crippen LogP contribution is -2.26. The maximum atomic E-state index is 12.2. The van der Waals surface area contributed by atoms with Crippen LogP contribution in [0.1, 0.15) is 21.6 Å². The number of amides is 1. The number of nitrogens with zero attached hydrogens (tertiary/aromatic N) is 3. The number of rotatable bonds is 5. The van der Waals surface area contributed by atoms with E-state index in [1.54, 1.807) is 17.3 Å². The molecule has 2 aromatic rings. The third-order valence-electron chi connectivity index (χ3n) is 3.03. The van der Waals surface area contributed by atoms with Crippen LogP contribution in [0.3, 0.4) is 0 Å². The normalized spacial score (nSPS) is 10.9. The number of nitrogen functional groups attached to an aromatic ring is 1. The molecule has 0 aliphatic rings. The molecule has 2 rings (SSSR count). The predicted molar refractivity (Wildman–Crippen MR) is 86.2 cm³/mol. The van der Waals surface area contributed by atoms with Crippen molar-refractivity contribution in [2.75, 3.05) is 26.9 Å². The van der Waals surface area contributed by atoms with E-state index in [-0.39, 0.29) is 5.91 Å². The predicted octanol–water partition coefficient (Wildman–Crippen LogP) is 2.06. The molecule has 0 fully saturated rings. The lowest BCUT2D eigenvalue weighted by atomic mass is 10.1. The Balaban J connectivity index is 1.99. The lowest BCUT2D eigenvalue weighted by molar-refractivity contribution is 0.0780. The Hall–Kier alpha value is -1.92. The maximum Gasteiger partial charge on any atom is 0.273 e. The number of hydrogen-bond acceptors (Lipinski definition) is 5. The number of aromatic nitrogens is 1. The average molecular weight is 304 g/mol. The van der Waals surface area contributed by atoms with E-state index in [1.807, 2.05) is 14.1 Å². The first-order valence-corrected chi connectivity index (χ1v) is 7.52. The van der Waals surface area contributed by atoms with E-state index >= 15 is 0 Å². The summed E-state index contributed by atoms with van der Waals surface area (Å²) in [6.07, 6.45) is 0. The standard InChI is InChI=1S/C15H20N4OS/c1-18(2)8-11-4-6-12(7-5-11)9-19(3)14(20)13-10-21-15(16)17-13/h4-7,10H,8-9H2,1-3H3,(H2,16,17). The van der Waals surface area contributed by atoms with Crippen LogP contribution in [0.15, 0.2) is 29.6 Å². The molecule has 1 aromatic carbocycles. The van der Waals surface area contributed by atoms with Gasteiger partial charge in [-0.05, 0) is 25.2 Å². The van der Waals surface area contributed by atoms with Gasteiger partial charge in [-0.25, -0.2) is 4.98 Å². The highest BCUT2D eigenvalue weighted by Crippen LogP contribution is 2.14. The minimum atomic E-state index is -0.111. The summed E-state index contributed by atoms with van der Waals surface area (Å²) in [7, 11) is 5.85. The molecule has 0 saturated carbocycles. The molecule has 1 amide bonds. The zero-order chi connectivity index (χ0) is 15.4. The van der Waals surface area contributed by atoms with Crippen molar-refractivity contribution in [1.29, 1.82) is 0 Å². The molecule has 21 heavy (non-hydrogen) atoms. The molecule has 112 valence electrons. The maximum absolute atomic E-state index is 12.2. The monoisotopic (exact) mass is 304 g/mol. The van der Waals surface area contributed by atoms with E-state index in [0.29, 0.717) is 17.4 Å². The number of carbonyl (C=O) groups excluding carboxylic acids is 1. The van der Waals surface area contributed by atoms with Crippen molar-refractivity contribution in [1.82, 2.24) is 14.8 Å². The van der Waals surface area contributed by atoms with Crippen molar-refractivity contribution in [3.8, 4) is 0 Å². The fourth-order valence-electron chi connectivity index (χ4n) is 2.04.